The van der Waals surface area contributed by atoms with Crippen LogP contribution in [0, 0.1) is 0 Å². The number of amides is 1. The molecule has 0 spiro atoms. The van der Waals surface area contributed by atoms with Crippen LogP contribution in [0.15, 0.2) is 6.33 Å². The van der Waals surface area contributed by atoms with E-state index in [-0.39, 0.29) is 5.91 Å². The lowest BCUT2D eigenvalue weighted by Crippen LogP contribution is -2.32. The van der Waals surface area contributed by atoms with Crippen LogP contribution in [-0.2, 0) is 18.4 Å². The third kappa shape index (κ3) is 2.79. The van der Waals surface area contributed by atoms with Crippen LogP contribution in [0.1, 0.15) is 25.1 Å². The number of rotatable bonds is 4. The van der Waals surface area contributed by atoms with Crippen LogP contribution in [0.25, 0.3) is 0 Å². The fourth-order valence-electron chi connectivity index (χ4n) is 1.87. The van der Waals surface area contributed by atoms with Gasteiger partial charge in [0, 0.05) is 19.5 Å². The van der Waals surface area contributed by atoms with E-state index in [4.69, 9.17) is 0 Å². The third-order valence-corrected chi connectivity index (χ3v) is 2.84. The molecule has 0 bridgehead atoms. The summed E-state index contributed by atoms with van der Waals surface area (Å²) in [5, 5.41) is 13.8. The molecule has 1 fully saturated rings. The Kier molecular flexibility index (Phi) is 3.51. The summed E-state index contributed by atoms with van der Waals surface area (Å²) in [4.78, 5) is 11.6. The summed E-state index contributed by atoms with van der Waals surface area (Å²) in [7, 11) is 1.86. The van der Waals surface area contributed by atoms with Crippen molar-refractivity contribution in [3.8, 4) is 0 Å². The molecule has 2 heterocycles. The van der Waals surface area contributed by atoms with Crippen molar-refractivity contribution in [2.24, 2.45) is 7.05 Å². The molecule has 1 unspecified atom stereocenters. The Bertz CT molecular complexity index is 356. The number of carbonyl (C=O) groups excluding carboxylic acids is 1. The Morgan fingerprint density at radius 2 is 2.62 bits per heavy atom. The Labute approximate surface area is 94.4 Å². The van der Waals surface area contributed by atoms with E-state index in [1.165, 1.54) is 6.42 Å². The largest absolute Gasteiger partial charge is 0.349 e. The van der Waals surface area contributed by atoms with Gasteiger partial charge in [-0.15, -0.1) is 10.2 Å². The van der Waals surface area contributed by atoms with Crippen LogP contribution in [0.3, 0.4) is 0 Å². The maximum absolute atomic E-state index is 11.6. The van der Waals surface area contributed by atoms with Crippen molar-refractivity contribution in [1.29, 1.82) is 0 Å². The summed E-state index contributed by atoms with van der Waals surface area (Å²) in [6, 6.07) is 0.347. The first-order valence-corrected chi connectivity index (χ1v) is 5.58. The fraction of sp³-hybridized carbons (Fsp3) is 0.700. The molecule has 1 aromatic heterocycles. The van der Waals surface area contributed by atoms with Gasteiger partial charge >= 0.3 is 0 Å². The van der Waals surface area contributed by atoms with Crippen molar-refractivity contribution in [2.45, 2.75) is 31.8 Å². The van der Waals surface area contributed by atoms with Crippen molar-refractivity contribution in [1.82, 2.24) is 25.4 Å². The second-order valence-corrected chi connectivity index (χ2v) is 4.13. The number of nitrogens with zero attached hydrogens (tertiary/aromatic N) is 3. The molecule has 1 amide bonds. The highest BCUT2D eigenvalue weighted by Gasteiger charge is 2.17. The lowest BCUT2D eigenvalue weighted by Gasteiger charge is -2.09. The Morgan fingerprint density at radius 1 is 1.75 bits per heavy atom. The van der Waals surface area contributed by atoms with Gasteiger partial charge in [-0.2, -0.15) is 0 Å². The van der Waals surface area contributed by atoms with Gasteiger partial charge in [0.2, 0.25) is 5.91 Å². The van der Waals surface area contributed by atoms with Gasteiger partial charge in [0.1, 0.15) is 6.33 Å². The number of nitrogens with one attached hydrogen (secondary N) is 2. The van der Waals surface area contributed by atoms with Crippen molar-refractivity contribution < 1.29 is 4.79 Å². The monoisotopic (exact) mass is 223 g/mol. The molecule has 1 aliphatic rings. The molecule has 0 saturated carbocycles. The molecule has 0 aliphatic carbocycles. The molecule has 88 valence electrons. The Morgan fingerprint density at radius 3 is 3.25 bits per heavy atom. The minimum absolute atomic E-state index is 0.0717. The fourth-order valence-corrected chi connectivity index (χ4v) is 1.87. The Balaban J connectivity index is 1.73. The van der Waals surface area contributed by atoms with Crippen LogP contribution in [-0.4, -0.2) is 33.3 Å². The molecule has 0 radical (unpaired) electrons. The van der Waals surface area contributed by atoms with Gasteiger partial charge in [0.15, 0.2) is 5.82 Å². The van der Waals surface area contributed by atoms with E-state index in [2.05, 4.69) is 20.8 Å². The van der Waals surface area contributed by atoms with Crippen LogP contribution >= 0.6 is 0 Å². The number of hydrogen-bond acceptors (Lipinski definition) is 4. The van der Waals surface area contributed by atoms with Crippen molar-refractivity contribution in [3.05, 3.63) is 12.2 Å². The van der Waals surface area contributed by atoms with Crippen molar-refractivity contribution in [3.63, 3.8) is 0 Å². The molecule has 2 rings (SSSR count). The number of aryl methyl sites for hydroxylation is 1. The molecule has 6 nitrogen and oxygen atoms in total. The van der Waals surface area contributed by atoms with Gasteiger partial charge < -0.3 is 15.2 Å². The predicted molar refractivity (Wildman–Crippen MR) is 58.5 cm³/mol. The van der Waals surface area contributed by atoms with E-state index in [1.807, 2.05) is 7.05 Å². The van der Waals surface area contributed by atoms with E-state index in [1.54, 1.807) is 10.9 Å². The summed E-state index contributed by atoms with van der Waals surface area (Å²) in [5.41, 5.74) is 0. The van der Waals surface area contributed by atoms with E-state index in [0.29, 0.717) is 19.0 Å². The highest BCUT2D eigenvalue weighted by atomic mass is 16.1. The summed E-state index contributed by atoms with van der Waals surface area (Å²) < 4.78 is 1.80. The lowest BCUT2D eigenvalue weighted by molar-refractivity contribution is -0.121. The standard InChI is InChI=1S/C10H17N5O/c1-15-7-13-14-9(15)6-12-10(16)5-8-3-2-4-11-8/h7-8,11H,2-6H2,1H3,(H,12,16). The quantitative estimate of drug-likeness (QED) is 0.727. The lowest BCUT2D eigenvalue weighted by atomic mass is 10.1. The average molecular weight is 223 g/mol. The second-order valence-electron chi connectivity index (χ2n) is 4.13. The highest BCUT2D eigenvalue weighted by molar-refractivity contribution is 5.76. The summed E-state index contributed by atoms with van der Waals surface area (Å²) >= 11 is 0. The van der Waals surface area contributed by atoms with Gasteiger partial charge in [-0.05, 0) is 19.4 Å². The summed E-state index contributed by atoms with van der Waals surface area (Å²) in [6.07, 6.45) is 4.44. The average Bonchev–Trinajstić information content (AvgIpc) is 2.87. The van der Waals surface area contributed by atoms with Gasteiger partial charge in [-0.25, -0.2) is 0 Å². The van der Waals surface area contributed by atoms with Crippen LogP contribution in [0.2, 0.25) is 0 Å². The molecule has 6 heteroatoms. The van der Waals surface area contributed by atoms with Crippen molar-refractivity contribution in [2.75, 3.05) is 6.54 Å². The molecule has 1 saturated heterocycles. The number of aromatic nitrogens is 3. The van der Waals surface area contributed by atoms with Gasteiger partial charge in [0.25, 0.3) is 0 Å². The van der Waals surface area contributed by atoms with E-state index < -0.39 is 0 Å². The number of hydrogen-bond donors (Lipinski definition) is 2. The summed E-state index contributed by atoms with van der Waals surface area (Å²) in [5.74, 6) is 0.843. The smallest absolute Gasteiger partial charge is 0.221 e. The van der Waals surface area contributed by atoms with Crippen molar-refractivity contribution >= 4 is 5.91 Å². The molecule has 1 aromatic rings. The summed E-state index contributed by atoms with van der Waals surface area (Å²) in [6.45, 7) is 1.48. The van der Waals surface area contributed by atoms with Crippen LogP contribution in [0.4, 0.5) is 0 Å². The molecule has 2 N–H and O–H groups in total. The van der Waals surface area contributed by atoms with Gasteiger partial charge in [-0.3, -0.25) is 4.79 Å². The zero-order valence-electron chi connectivity index (χ0n) is 9.44. The van der Waals surface area contributed by atoms with E-state index in [9.17, 15) is 4.79 Å². The maximum Gasteiger partial charge on any atom is 0.221 e. The molecule has 16 heavy (non-hydrogen) atoms. The van der Waals surface area contributed by atoms with E-state index >= 15 is 0 Å². The molecule has 1 atom stereocenters. The van der Waals surface area contributed by atoms with Crippen LogP contribution in [0.5, 0.6) is 0 Å². The zero-order chi connectivity index (χ0) is 11.4. The topological polar surface area (TPSA) is 71.8 Å². The Hall–Kier alpha value is -1.43. The first-order chi connectivity index (χ1) is 7.75. The number of carbonyl (C=O) groups is 1. The third-order valence-electron chi connectivity index (χ3n) is 2.84. The SMILES string of the molecule is Cn1cnnc1CNC(=O)CC1CCCN1. The first kappa shape index (κ1) is 11.1. The highest BCUT2D eigenvalue weighted by Crippen LogP contribution is 2.08. The normalized spacial score (nSPS) is 19.9. The predicted octanol–water partition coefficient (Wildman–Crippen LogP) is -0.427. The molecule has 0 aromatic carbocycles. The van der Waals surface area contributed by atoms with Gasteiger partial charge in [-0.1, -0.05) is 0 Å². The molecular weight excluding hydrogens is 206 g/mol. The maximum atomic E-state index is 11.6. The van der Waals surface area contributed by atoms with E-state index in [0.717, 1.165) is 18.8 Å². The minimum Gasteiger partial charge on any atom is -0.349 e. The first-order valence-electron chi connectivity index (χ1n) is 5.58. The minimum atomic E-state index is 0.0717. The molecule has 1 aliphatic heterocycles. The second kappa shape index (κ2) is 5.07. The molecular formula is C10H17N5O. The van der Waals surface area contributed by atoms with Crippen LogP contribution < -0.4 is 10.6 Å². The zero-order valence-corrected chi connectivity index (χ0v) is 9.44. The van der Waals surface area contributed by atoms with Gasteiger partial charge in [0.05, 0.1) is 6.54 Å².